The molecule has 0 aliphatic heterocycles. The molecule has 0 fully saturated rings. The number of nitrogens with one attached hydrogen (secondary N) is 1. The zero-order valence-corrected chi connectivity index (χ0v) is 14.9. The Balaban J connectivity index is 1.95. The summed E-state index contributed by atoms with van der Waals surface area (Å²) in [6.07, 6.45) is 0. The molecular formula is C19H18N2O3S. The van der Waals surface area contributed by atoms with Gasteiger partial charge in [-0.2, -0.15) is 4.98 Å². The number of aromatic nitrogens is 2. The third-order valence-corrected chi connectivity index (χ3v) is 4.83. The maximum atomic E-state index is 12.2. The maximum Gasteiger partial charge on any atom is 0.346 e. The number of carbonyl (C=O) groups is 1. The SMILES string of the molecule is CCOC(=O)c1c(SCc2cccc3ccccc23)nc(=O)[nH]c1C. The first-order valence-electron chi connectivity index (χ1n) is 7.97. The molecule has 1 N–H and O–H groups in total. The zero-order valence-electron chi connectivity index (χ0n) is 14.0. The molecule has 5 nitrogen and oxygen atoms in total. The molecule has 128 valence electrons. The molecule has 0 saturated carbocycles. The summed E-state index contributed by atoms with van der Waals surface area (Å²) >= 11 is 1.37. The molecule has 0 radical (unpaired) electrons. The summed E-state index contributed by atoms with van der Waals surface area (Å²) in [5.41, 5.74) is 1.45. The van der Waals surface area contributed by atoms with E-state index in [1.54, 1.807) is 13.8 Å². The van der Waals surface area contributed by atoms with E-state index in [2.05, 4.69) is 28.2 Å². The lowest BCUT2D eigenvalue weighted by Crippen LogP contribution is -2.19. The third-order valence-electron chi connectivity index (χ3n) is 3.81. The van der Waals surface area contributed by atoms with Crippen LogP contribution >= 0.6 is 11.8 Å². The van der Waals surface area contributed by atoms with Crippen LogP contribution in [0.2, 0.25) is 0 Å². The predicted octanol–water partition coefficient (Wildman–Crippen LogP) is 3.70. The molecule has 6 heteroatoms. The first-order chi connectivity index (χ1) is 12.1. The Morgan fingerprint density at radius 2 is 1.96 bits per heavy atom. The Kier molecular flexibility index (Phi) is 5.19. The summed E-state index contributed by atoms with van der Waals surface area (Å²) in [6.45, 7) is 3.69. The van der Waals surface area contributed by atoms with Crippen LogP contribution in [0.1, 0.15) is 28.5 Å². The lowest BCUT2D eigenvalue weighted by Gasteiger charge is -2.11. The second-order valence-electron chi connectivity index (χ2n) is 5.49. The molecule has 3 rings (SSSR count). The van der Waals surface area contributed by atoms with Gasteiger partial charge in [-0.1, -0.05) is 42.5 Å². The van der Waals surface area contributed by atoms with Crippen LogP contribution in [0.25, 0.3) is 10.8 Å². The fourth-order valence-corrected chi connectivity index (χ4v) is 3.74. The van der Waals surface area contributed by atoms with Gasteiger partial charge in [0.15, 0.2) is 0 Å². The van der Waals surface area contributed by atoms with Crippen molar-refractivity contribution in [3.8, 4) is 0 Å². The van der Waals surface area contributed by atoms with E-state index in [1.807, 2.05) is 24.3 Å². The van der Waals surface area contributed by atoms with Crippen LogP contribution in [-0.2, 0) is 10.5 Å². The van der Waals surface area contributed by atoms with Crippen molar-refractivity contribution in [3.63, 3.8) is 0 Å². The fraction of sp³-hybridized carbons (Fsp3) is 0.211. The van der Waals surface area contributed by atoms with Crippen molar-refractivity contribution < 1.29 is 9.53 Å². The van der Waals surface area contributed by atoms with E-state index in [0.29, 0.717) is 22.0 Å². The van der Waals surface area contributed by atoms with Crippen molar-refractivity contribution >= 4 is 28.5 Å². The molecule has 1 heterocycles. The summed E-state index contributed by atoms with van der Waals surface area (Å²) < 4.78 is 5.10. The fourth-order valence-electron chi connectivity index (χ4n) is 2.67. The number of benzene rings is 2. The Morgan fingerprint density at radius 3 is 2.76 bits per heavy atom. The van der Waals surface area contributed by atoms with Crippen molar-refractivity contribution in [2.45, 2.75) is 24.6 Å². The normalized spacial score (nSPS) is 10.8. The molecule has 0 atom stereocenters. The minimum absolute atomic E-state index is 0.269. The molecule has 0 aliphatic carbocycles. The summed E-state index contributed by atoms with van der Waals surface area (Å²) in [6, 6.07) is 14.2. The highest BCUT2D eigenvalue weighted by molar-refractivity contribution is 7.98. The van der Waals surface area contributed by atoms with Gasteiger partial charge in [0.2, 0.25) is 0 Å². The maximum absolute atomic E-state index is 12.2. The van der Waals surface area contributed by atoms with Gasteiger partial charge >= 0.3 is 11.7 Å². The minimum Gasteiger partial charge on any atom is -0.462 e. The predicted molar refractivity (Wildman–Crippen MR) is 99.1 cm³/mol. The number of hydrogen-bond acceptors (Lipinski definition) is 5. The molecule has 3 aromatic rings. The van der Waals surface area contributed by atoms with Gasteiger partial charge in [-0.3, -0.25) is 0 Å². The highest BCUT2D eigenvalue weighted by Crippen LogP contribution is 2.28. The van der Waals surface area contributed by atoms with Crippen LogP contribution in [0.4, 0.5) is 0 Å². The van der Waals surface area contributed by atoms with E-state index in [9.17, 15) is 9.59 Å². The summed E-state index contributed by atoms with van der Waals surface area (Å²) in [7, 11) is 0. The van der Waals surface area contributed by atoms with Crippen molar-refractivity contribution in [3.05, 3.63) is 69.8 Å². The topological polar surface area (TPSA) is 72.0 Å². The lowest BCUT2D eigenvalue weighted by atomic mass is 10.1. The van der Waals surface area contributed by atoms with Gasteiger partial charge in [0.25, 0.3) is 0 Å². The van der Waals surface area contributed by atoms with Gasteiger partial charge in [0.05, 0.1) is 6.61 Å². The number of aryl methyl sites for hydroxylation is 1. The molecule has 25 heavy (non-hydrogen) atoms. The van der Waals surface area contributed by atoms with Gasteiger partial charge in [-0.25, -0.2) is 9.59 Å². The molecule has 0 spiro atoms. The van der Waals surface area contributed by atoms with E-state index in [1.165, 1.54) is 11.8 Å². The molecule has 0 unspecified atom stereocenters. The van der Waals surface area contributed by atoms with E-state index in [4.69, 9.17) is 4.74 Å². The highest BCUT2D eigenvalue weighted by Gasteiger charge is 2.19. The van der Waals surface area contributed by atoms with E-state index in [0.717, 1.165) is 16.3 Å². The van der Waals surface area contributed by atoms with Gasteiger partial charge in [0, 0.05) is 11.4 Å². The number of rotatable bonds is 5. The average molecular weight is 354 g/mol. The van der Waals surface area contributed by atoms with Crippen molar-refractivity contribution in [2.75, 3.05) is 6.61 Å². The van der Waals surface area contributed by atoms with Crippen LogP contribution in [0, 0.1) is 6.92 Å². The van der Waals surface area contributed by atoms with Gasteiger partial charge < -0.3 is 9.72 Å². The number of fused-ring (bicyclic) bond motifs is 1. The molecule has 0 amide bonds. The first kappa shape index (κ1) is 17.2. The molecule has 0 bridgehead atoms. The quantitative estimate of drug-likeness (QED) is 0.430. The molecule has 0 saturated heterocycles. The number of carbonyl (C=O) groups excluding carboxylic acids is 1. The Labute approximate surface area is 149 Å². The number of aromatic amines is 1. The monoisotopic (exact) mass is 354 g/mol. The van der Waals surface area contributed by atoms with E-state index >= 15 is 0 Å². The summed E-state index contributed by atoms with van der Waals surface area (Å²) in [5, 5.41) is 2.70. The van der Waals surface area contributed by atoms with Crippen LogP contribution in [0.3, 0.4) is 0 Å². The van der Waals surface area contributed by atoms with Gasteiger partial charge in [-0.15, -0.1) is 11.8 Å². The van der Waals surface area contributed by atoms with Crippen LogP contribution in [-0.4, -0.2) is 22.5 Å². The number of hydrogen-bond donors (Lipinski definition) is 1. The van der Waals surface area contributed by atoms with Gasteiger partial charge in [-0.05, 0) is 30.2 Å². The van der Waals surface area contributed by atoms with Crippen molar-refractivity contribution in [1.29, 1.82) is 0 Å². The summed E-state index contributed by atoms with van der Waals surface area (Å²) in [4.78, 5) is 30.5. The van der Waals surface area contributed by atoms with E-state index in [-0.39, 0.29) is 6.61 Å². The lowest BCUT2D eigenvalue weighted by molar-refractivity contribution is 0.0519. The Bertz CT molecular complexity index is 977. The number of ether oxygens (including phenoxy) is 1. The summed E-state index contributed by atoms with van der Waals surface area (Å²) in [5.74, 6) is 0.132. The molecule has 1 aromatic heterocycles. The minimum atomic E-state index is -0.468. The number of esters is 1. The number of H-pyrrole nitrogens is 1. The Morgan fingerprint density at radius 1 is 1.20 bits per heavy atom. The smallest absolute Gasteiger partial charge is 0.346 e. The first-order valence-corrected chi connectivity index (χ1v) is 8.96. The second kappa shape index (κ2) is 7.53. The second-order valence-corrected chi connectivity index (χ2v) is 6.46. The van der Waals surface area contributed by atoms with Crippen LogP contribution < -0.4 is 5.69 Å². The molecule has 0 aliphatic rings. The third kappa shape index (κ3) is 3.74. The Hall–Kier alpha value is -2.60. The highest BCUT2D eigenvalue weighted by atomic mass is 32.2. The number of nitrogens with zero attached hydrogens (tertiary/aromatic N) is 1. The molecule has 2 aromatic carbocycles. The zero-order chi connectivity index (χ0) is 17.8. The average Bonchev–Trinajstić information content (AvgIpc) is 2.59. The van der Waals surface area contributed by atoms with Crippen molar-refractivity contribution in [1.82, 2.24) is 9.97 Å². The number of thioether (sulfide) groups is 1. The van der Waals surface area contributed by atoms with E-state index < -0.39 is 11.7 Å². The standard InChI is InChI=1S/C19H18N2O3S/c1-3-24-18(22)16-12(2)20-19(23)21-17(16)25-11-14-9-6-8-13-7-4-5-10-15(13)14/h4-10H,3,11H2,1-2H3,(H,20,21,23). The van der Waals surface area contributed by atoms with Gasteiger partial charge in [0.1, 0.15) is 10.6 Å². The van der Waals surface area contributed by atoms with Crippen LogP contribution in [0.5, 0.6) is 0 Å². The molecular weight excluding hydrogens is 336 g/mol. The van der Waals surface area contributed by atoms with Crippen LogP contribution in [0.15, 0.2) is 52.3 Å². The van der Waals surface area contributed by atoms with Crippen molar-refractivity contribution in [2.24, 2.45) is 0 Å². The largest absolute Gasteiger partial charge is 0.462 e.